The smallest absolute Gasteiger partial charge is 0.257 e. The highest BCUT2D eigenvalue weighted by atomic mass is 79.9. The standard InChI is InChI=1S/C13H13BrN2O/c14-9-6-10(13(17)15-7-9)12-5-8-3-1-2-4-11(8)16-12/h6-7H,1-5H2,(H,15,17). The second-order valence-electron chi connectivity index (χ2n) is 4.55. The molecule has 3 nitrogen and oxygen atoms in total. The van der Waals surface area contributed by atoms with Crippen molar-refractivity contribution in [2.75, 3.05) is 0 Å². The number of H-pyrrole nitrogens is 1. The van der Waals surface area contributed by atoms with Crippen LogP contribution in [0.5, 0.6) is 0 Å². The zero-order chi connectivity index (χ0) is 11.8. The van der Waals surface area contributed by atoms with Crippen molar-refractivity contribution in [3.05, 3.63) is 43.9 Å². The number of halogens is 1. The van der Waals surface area contributed by atoms with E-state index in [2.05, 4.69) is 25.9 Å². The van der Waals surface area contributed by atoms with Crippen LogP contribution in [0.3, 0.4) is 0 Å². The van der Waals surface area contributed by atoms with Crippen molar-refractivity contribution in [2.24, 2.45) is 4.99 Å². The first-order valence-corrected chi connectivity index (χ1v) is 6.70. The summed E-state index contributed by atoms with van der Waals surface area (Å²) in [4.78, 5) is 19.2. The molecule has 1 aliphatic carbocycles. The molecule has 2 aliphatic rings. The molecule has 0 saturated heterocycles. The largest absolute Gasteiger partial charge is 0.327 e. The minimum absolute atomic E-state index is 0.0493. The van der Waals surface area contributed by atoms with Crippen LogP contribution in [0.25, 0.3) is 0 Å². The number of aliphatic imine (C=N–C) groups is 1. The zero-order valence-corrected chi connectivity index (χ0v) is 11.0. The predicted octanol–water partition coefficient (Wildman–Crippen LogP) is 3.16. The van der Waals surface area contributed by atoms with Gasteiger partial charge in [-0.15, -0.1) is 0 Å². The lowest BCUT2D eigenvalue weighted by Gasteiger charge is -2.10. The summed E-state index contributed by atoms with van der Waals surface area (Å²) in [5.74, 6) is 0. The third-order valence-corrected chi connectivity index (χ3v) is 3.84. The second-order valence-corrected chi connectivity index (χ2v) is 5.47. The summed E-state index contributed by atoms with van der Waals surface area (Å²) >= 11 is 3.38. The Hall–Kier alpha value is -1.16. The fourth-order valence-electron chi connectivity index (χ4n) is 2.51. The van der Waals surface area contributed by atoms with E-state index in [0.29, 0.717) is 5.56 Å². The maximum Gasteiger partial charge on any atom is 0.257 e. The van der Waals surface area contributed by atoms with Gasteiger partial charge in [0.25, 0.3) is 5.56 Å². The lowest BCUT2D eigenvalue weighted by molar-refractivity contribution is 0.670. The molecule has 0 bridgehead atoms. The van der Waals surface area contributed by atoms with Crippen molar-refractivity contribution in [3.8, 4) is 0 Å². The van der Waals surface area contributed by atoms with E-state index in [4.69, 9.17) is 0 Å². The van der Waals surface area contributed by atoms with Gasteiger partial charge in [0.2, 0.25) is 0 Å². The van der Waals surface area contributed by atoms with Crippen molar-refractivity contribution >= 4 is 21.6 Å². The maximum atomic E-state index is 11.8. The Bertz CT molecular complexity index is 583. The molecule has 1 N–H and O–H groups in total. The Balaban J connectivity index is 1.98. The Morgan fingerprint density at radius 2 is 2.12 bits per heavy atom. The Kier molecular flexibility index (Phi) is 2.74. The zero-order valence-electron chi connectivity index (χ0n) is 9.42. The fourth-order valence-corrected chi connectivity index (χ4v) is 2.85. The van der Waals surface area contributed by atoms with Crippen molar-refractivity contribution in [3.63, 3.8) is 0 Å². The number of rotatable bonds is 1. The monoisotopic (exact) mass is 292 g/mol. The lowest BCUT2D eigenvalue weighted by atomic mass is 9.94. The maximum absolute atomic E-state index is 11.8. The molecule has 0 spiro atoms. The van der Waals surface area contributed by atoms with E-state index in [0.717, 1.165) is 29.4 Å². The number of nitrogens with zero attached hydrogens (tertiary/aromatic N) is 1. The minimum atomic E-state index is -0.0493. The first-order chi connectivity index (χ1) is 8.24. The van der Waals surface area contributed by atoms with Crippen LogP contribution in [0.15, 0.2) is 37.8 Å². The van der Waals surface area contributed by atoms with E-state index in [9.17, 15) is 4.79 Å². The molecule has 2 heterocycles. The number of pyridine rings is 1. The van der Waals surface area contributed by atoms with Crippen molar-refractivity contribution < 1.29 is 0 Å². The summed E-state index contributed by atoms with van der Waals surface area (Å²) in [5, 5.41) is 0. The normalized spacial score (nSPS) is 19.2. The molecule has 0 unspecified atom stereocenters. The topological polar surface area (TPSA) is 45.2 Å². The number of allylic oxidation sites excluding steroid dienone is 2. The number of hydrogen-bond acceptors (Lipinski definition) is 2. The van der Waals surface area contributed by atoms with Gasteiger partial charge in [0, 0.05) is 22.8 Å². The van der Waals surface area contributed by atoms with Crippen molar-refractivity contribution in [2.45, 2.75) is 32.1 Å². The van der Waals surface area contributed by atoms with Gasteiger partial charge < -0.3 is 4.98 Å². The van der Waals surface area contributed by atoms with E-state index < -0.39 is 0 Å². The van der Waals surface area contributed by atoms with Crippen LogP contribution in [0.2, 0.25) is 0 Å². The van der Waals surface area contributed by atoms with E-state index in [-0.39, 0.29) is 5.56 Å². The van der Waals surface area contributed by atoms with Crippen LogP contribution in [-0.4, -0.2) is 10.7 Å². The number of nitrogens with one attached hydrogen (secondary N) is 1. The third-order valence-electron chi connectivity index (χ3n) is 3.38. The van der Waals surface area contributed by atoms with Crippen molar-refractivity contribution in [1.82, 2.24) is 4.98 Å². The van der Waals surface area contributed by atoms with Crippen LogP contribution in [-0.2, 0) is 0 Å². The average Bonchev–Trinajstić information content (AvgIpc) is 2.75. The average molecular weight is 293 g/mol. The highest BCUT2D eigenvalue weighted by molar-refractivity contribution is 9.10. The lowest BCUT2D eigenvalue weighted by Crippen LogP contribution is -2.16. The van der Waals surface area contributed by atoms with E-state index >= 15 is 0 Å². The third kappa shape index (κ3) is 2.02. The molecule has 0 saturated carbocycles. The first kappa shape index (κ1) is 11.0. The SMILES string of the molecule is O=c1[nH]cc(Br)cc1C1=NC2=C(CCCC2)C1. The van der Waals surface area contributed by atoms with Crippen LogP contribution < -0.4 is 5.56 Å². The summed E-state index contributed by atoms with van der Waals surface area (Å²) in [6.45, 7) is 0. The molecule has 1 aromatic heterocycles. The van der Waals surface area contributed by atoms with Crippen LogP contribution in [0.4, 0.5) is 0 Å². The molecule has 17 heavy (non-hydrogen) atoms. The van der Waals surface area contributed by atoms with E-state index in [1.54, 1.807) is 6.20 Å². The van der Waals surface area contributed by atoms with E-state index in [1.165, 1.54) is 24.1 Å². The predicted molar refractivity (Wildman–Crippen MR) is 71.4 cm³/mol. The van der Waals surface area contributed by atoms with Gasteiger partial charge in [0.05, 0.1) is 11.3 Å². The minimum Gasteiger partial charge on any atom is -0.327 e. The van der Waals surface area contributed by atoms with Gasteiger partial charge in [0.1, 0.15) is 0 Å². The molecule has 0 fully saturated rings. The molecule has 88 valence electrons. The summed E-state index contributed by atoms with van der Waals surface area (Å²) < 4.78 is 0.889. The fraction of sp³-hybridized carbons (Fsp3) is 0.385. The summed E-state index contributed by atoms with van der Waals surface area (Å²) in [6, 6.07) is 1.86. The quantitative estimate of drug-likeness (QED) is 0.849. The van der Waals surface area contributed by atoms with Crippen LogP contribution in [0.1, 0.15) is 37.7 Å². The molecule has 4 heteroatoms. The van der Waals surface area contributed by atoms with Gasteiger partial charge in [-0.1, -0.05) is 0 Å². The van der Waals surface area contributed by atoms with Crippen LogP contribution in [0, 0.1) is 0 Å². The molecule has 0 aromatic carbocycles. The summed E-state index contributed by atoms with van der Waals surface area (Å²) in [7, 11) is 0. The number of aromatic nitrogens is 1. The van der Waals surface area contributed by atoms with Gasteiger partial charge >= 0.3 is 0 Å². The van der Waals surface area contributed by atoms with Gasteiger partial charge in [0.15, 0.2) is 0 Å². The van der Waals surface area contributed by atoms with Gasteiger partial charge in [-0.2, -0.15) is 0 Å². The molecular weight excluding hydrogens is 280 g/mol. The molecule has 0 radical (unpaired) electrons. The second kappa shape index (κ2) is 4.26. The molecular formula is C13H13BrN2O. The molecule has 0 amide bonds. The Morgan fingerprint density at radius 3 is 2.94 bits per heavy atom. The number of hydrogen-bond donors (Lipinski definition) is 1. The number of aromatic amines is 1. The highest BCUT2D eigenvalue weighted by Gasteiger charge is 2.22. The van der Waals surface area contributed by atoms with Gasteiger partial charge in [-0.25, -0.2) is 0 Å². The first-order valence-electron chi connectivity index (χ1n) is 5.91. The van der Waals surface area contributed by atoms with E-state index in [1.807, 2.05) is 6.07 Å². The molecule has 0 atom stereocenters. The molecule has 1 aliphatic heterocycles. The Labute approximate surface area is 108 Å². The van der Waals surface area contributed by atoms with Crippen LogP contribution >= 0.6 is 15.9 Å². The van der Waals surface area contributed by atoms with Gasteiger partial charge in [-0.3, -0.25) is 9.79 Å². The summed E-state index contributed by atoms with van der Waals surface area (Å²) in [5.41, 5.74) is 4.25. The van der Waals surface area contributed by atoms with Gasteiger partial charge in [-0.05, 0) is 53.3 Å². The highest BCUT2D eigenvalue weighted by Crippen LogP contribution is 2.33. The Morgan fingerprint density at radius 1 is 1.29 bits per heavy atom. The van der Waals surface area contributed by atoms with Crippen molar-refractivity contribution in [1.29, 1.82) is 0 Å². The molecule has 3 rings (SSSR count). The molecule has 1 aromatic rings. The summed E-state index contributed by atoms with van der Waals surface area (Å²) in [6.07, 6.45) is 7.23.